The number of anilines is 1. The first-order chi connectivity index (χ1) is 7.90. The molecule has 0 aromatic carbocycles. The summed E-state index contributed by atoms with van der Waals surface area (Å²) >= 11 is 0. The molecule has 2 aromatic rings. The minimum Gasteiger partial charge on any atom is -0.396 e. The van der Waals surface area contributed by atoms with E-state index in [4.69, 9.17) is 5.11 Å². The van der Waals surface area contributed by atoms with Crippen LogP contribution in [0, 0.1) is 0 Å². The van der Waals surface area contributed by atoms with Gasteiger partial charge in [0.25, 0.3) is 0 Å². The van der Waals surface area contributed by atoms with E-state index in [0.29, 0.717) is 18.9 Å². The fourth-order valence-electron chi connectivity index (χ4n) is 1.35. The minimum atomic E-state index is 0.174. The fraction of sp³-hybridized carbons (Fsp3) is 0.273. The summed E-state index contributed by atoms with van der Waals surface area (Å²) in [7, 11) is 0. The van der Waals surface area contributed by atoms with Crippen molar-refractivity contribution < 1.29 is 5.11 Å². The average Bonchev–Trinajstić information content (AvgIpc) is 2.84. The number of hydrogen-bond acceptors (Lipinski definition) is 4. The van der Waals surface area contributed by atoms with Gasteiger partial charge >= 0.3 is 0 Å². The summed E-state index contributed by atoms with van der Waals surface area (Å²) in [5.41, 5.74) is 1.96. The number of hydrogen-bond donors (Lipinski definition) is 3. The highest BCUT2D eigenvalue weighted by Gasteiger charge is 1.99. The van der Waals surface area contributed by atoms with Crippen LogP contribution in [0.25, 0.3) is 11.3 Å². The van der Waals surface area contributed by atoms with Crippen LogP contribution < -0.4 is 5.32 Å². The van der Waals surface area contributed by atoms with E-state index in [1.54, 1.807) is 12.4 Å². The van der Waals surface area contributed by atoms with Crippen molar-refractivity contribution in [3.05, 3.63) is 30.7 Å². The molecule has 84 valence electrons. The molecule has 0 fully saturated rings. The Kier molecular flexibility index (Phi) is 3.50. The second-order valence-electron chi connectivity index (χ2n) is 3.38. The summed E-state index contributed by atoms with van der Waals surface area (Å²) in [6.45, 7) is 0.853. The second-order valence-corrected chi connectivity index (χ2v) is 3.38. The first-order valence-electron chi connectivity index (χ1n) is 5.20. The highest BCUT2D eigenvalue weighted by molar-refractivity contribution is 5.57. The van der Waals surface area contributed by atoms with Gasteiger partial charge in [-0.25, -0.2) is 9.97 Å². The van der Waals surface area contributed by atoms with Crippen LogP contribution in [-0.2, 0) is 0 Å². The predicted molar refractivity (Wildman–Crippen MR) is 62.0 cm³/mol. The van der Waals surface area contributed by atoms with Gasteiger partial charge in [-0.2, -0.15) is 0 Å². The van der Waals surface area contributed by atoms with Crippen molar-refractivity contribution in [2.75, 3.05) is 18.5 Å². The number of nitrogens with one attached hydrogen (secondary N) is 2. The summed E-state index contributed by atoms with van der Waals surface area (Å²) in [5.74, 6) is 0.587. The van der Waals surface area contributed by atoms with Crippen molar-refractivity contribution in [1.29, 1.82) is 0 Å². The molecule has 0 bridgehead atoms. The molecule has 0 saturated carbocycles. The summed E-state index contributed by atoms with van der Waals surface area (Å²) in [6.07, 6.45) is 6.09. The van der Waals surface area contributed by atoms with Gasteiger partial charge in [-0.05, 0) is 18.6 Å². The van der Waals surface area contributed by atoms with E-state index < -0.39 is 0 Å². The molecule has 2 aromatic heterocycles. The molecule has 0 radical (unpaired) electrons. The van der Waals surface area contributed by atoms with E-state index >= 15 is 0 Å². The number of rotatable bonds is 5. The van der Waals surface area contributed by atoms with Crippen molar-refractivity contribution in [3.63, 3.8) is 0 Å². The van der Waals surface area contributed by atoms with E-state index in [0.717, 1.165) is 11.3 Å². The molecule has 0 aliphatic rings. The average molecular weight is 218 g/mol. The van der Waals surface area contributed by atoms with Crippen LogP contribution in [-0.4, -0.2) is 33.2 Å². The van der Waals surface area contributed by atoms with Gasteiger partial charge in [-0.1, -0.05) is 0 Å². The van der Waals surface area contributed by atoms with Crippen molar-refractivity contribution in [3.8, 4) is 11.3 Å². The molecule has 0 amide bonds. The van der Waals surface area contributed by atoms with E-state index in [2.05, 4.69) is 20.3 Å². The summed E-state index contributed by atoms with van der Waals surface area (Å²) in [6, 6.07) is 3.90. The zero-order valence-electron chi connectivity index (χ0n) is 8.85. The lowest BCUT2D eigenvalue weighted by molar-refractivity contribution is 0.292. The lowest BCUT2D eigenvalue weighted by Gasteiger charge is -2.03. The van der Waals surface area contributed by atoms with Crippen molar-refractivity contribution in [2.24, 2.45) is 0 Å². The molecule has 5 heteroatoms. The van der Waals surface area contributed by atoms with Gasteiger partial charge in [0.1, 0.15) is 0 Å². The van der Waals surface area contributed by atoms with Crippen LogP contribution >= 0.6 is 0 Å². The maximum atomic E-state index is 8.63. The van der Waals surface area contributed by atoms with Crippen molar-refractivity contribution in [2.45, 2.75) is 6.42 Å². The van der Waals surface area contributed by atoms with Gasteiger partial charge in [-0.3, -0.25) is 0 Å². The highest BCUT2D eigenvalue weighted by Crippen LogP contribution is 2.14. The Hall–Kier alpha value is -1.88. The highest BCUT2D eigenvalue weighted by atomic mass is 16.3. The Bertz CT molecular complexity index is 410. The molecule has 2 heterocycles. The molecular weight excluding hydrogens is 204 g/mol. The number of aromatic nitrogens is 3. The second kappa shape index (κ2) is 5.27. The third-order valence-corrected chi connectivity index (χ3v) is 2.18. The number of H-pyrrole nitrogens is 1. The first kappa shape index (κ1) is 10.6. The summed E-state index contributed by atoms with van der Waals surface area (Å²) < 4.78 is 0. The van der Waals surface area contributed by atoms with Gasteiger partial charge in [0.05, 0.1) is 0 Å². The smallest absolute Gasteiger partial charge is 0.222 e. The number of aliphatic hydroxyl groups is 1. The molecule has 0 aliphatic carbocycles. The Labute approximate surface area is 93.6 Å². The van der Waals surface area contributed by atoms with E-state index in [-0.39, 0.29) is 6.61 Å². The SMILES string of the molecule is OCCCNc1ncc(-c2ccc[nH]2)cn1. The van der Waals surface area contributed by atoms with Crippen molar-refractivity contribution in [1.82, 2.24) is 15.0 Å². The zero-order valence-corrected chi connectivity index (χ0v) is 8.85. The third-order valence-electron chi connectivity index (χ3n) is 2.18. The molecule has 0 spiro atoms. The molecule has 2 rings (SSSR count). The minimum absolute atomic E-state index is 0.174. The Morgan fingerprint density at radius 2 is 2.12 bits per heavy atom. The summed E-state index contributed by atoms with van der Waals surface area (Å²) in [4.78, 5) is 11.5. The quantitative estimate of drug-likeness (QED) is 0.661. The third kappa shape index (κ3) is 2.58. The normalized spacial score (nSPS) is 10.3. The topological polar surface area (TPSA) is 73.8 Å². The van der Waals surface area contributed by atoms with Gasteiger partial charge < -0.3 is 15.4 Å². The molecule has 0 aliphatic heterocycles. The van der Waals surface area contributed by atoms with E-state index in [1.165, 1.54) is 0 Å². The Morgan fingerprint density at radius 1 is 1.31 bits per heavy atom. The molecule has 0 saturated heterocycles. The molecule has 3 N–H and O–H groups in total. The molecular formula is C11H14N4O. The monoisotopic (exact) mass is 218 g/mol. The van der Waals surface area contributed by atoms with Crippen LogP contribution in [0.3, 0.4) is 0 Å². The van der Waals surface area contributed by atoms with Gasteiger partial charge in [0.2, 0.25) is 5.95 Å². The Morgan fingerprint density at radius 3 is 2.75 bits per heavy atom. The summed E-state index contributed by atoms with van der Waals surface area (Å²) in [5, 5.41) is 11.7. The van der Waals surface area contributed by atoms with E-state index in [1.807, 2.05) is 18.3 Å². The maximum absolute atomic E-state index is 8.63. The number of nitrogens with zero attached hydrogens (tertiary/aromatic N) is 2. The van der Waals surface area contributed by atoms with Crippen LogP contribution in [0.4, 0.5) is 5.95 Å². The molecule has 0 atom stereocenters. The van der Waals surface area contributed by atoms with Crippen LogP contribution in [0.2, 0.25) is 0 Å². The van der Waals surface area contributed by atoms with Crippen LogP contribution in [0.1, 0.15) is 6.42 Å². The Balaban J connectivity index is 2.00. The number of aliphatic hydroxyl groups excluding tert-OH is 1. The predicted octanol–water partition coefficient (Wildman–Crippen LogP) is 1.27. The van der Waals surface area contributed by atoms with Crippen LogP contribution in [0.5, 0.6) is 0 Å². The van der Waals surface area contributed by atoms with E-state index in [9.17, 15) is 0 Å². The number of aromatic amines is 1. The largest absolute Gasteiger partial charge is 0.396 e. The zero-order chi connectivity index (χ0) is 11.2. The lowest BCUT2D eigenvalue weighted by atomic mass is 10.2. The molecule has 5 nitrogen and oxygen atoms in total. The molecule has 0 unspecified atom stereocenters. The maximum Gasteiger partial charge on any atom is 0.222 e. The standard InChI is InChI=1S/C11H14N4O/c16-6-2-5-13-11-14-7-9(8-15-11)10-3-1-4-12-10/h1,3-4,7-8,12,16H,2,5-6H2,(H,13,14,15). The van der Waals surface area contributed by atoms with Gasteiger partial charge in [-0.15, -0.1) is 0 Å². The van der Waals surface area contributed by atoms with Gasteiger partial charge in [0, 0.05) is 43.0 Å². The lowest BCUT2D eigenvalue weighted by Crippen LogP contribution is -2.06. The van der Waals surface area contributed by atoms with Gasteiger partial charge in [0.15, 0.2) is 0 Å². The van der Waals surface area contributed by atoms with Crippen molar-refractivity contribution >= 4 is 5.95 Å². The molecule has 16 heavy (non-hydrogen) atoms. The van der Waals surface area contributed by atoms with Crippen LogP contribution in [0.15, 0.2) is 30.7 Å². The first-order valence-corrected chi connectivity index (χ1v) is 5.20. The fourth-order valence-corrected chi connectivity index (χ4v) is 1.35.